The number of aromatic nitrogens is 1. The average Bonchev–Trinajstić information content (AvgIpc) is 2.42. The predicted octanol–water partition coefficient (Wildman–Crippen LogP) is 1.03. The number of hydrazine groups is 1. The quantitative estimate of drug-likeness (QED) is 0.576. The van der Waals surface area contributed by atoms with Crippen LogP contribution in [-0.2, 0) is 0 Å². The molecule has 0 spiro atoms. The van der Waals surface area contributed by atoms with E-state index in [9.17, 15) is 4.79 Å². The van der Waals surface area contributed by atoms with Gasteiger partial charge in [0.2, 0.25) is 0 Å². The average molecular weight is 279 g/mol. The highest BCUT2D eigenvalue weighted by molar-refractivity contribution is 5.98. The molecule has 112 valence electrons. The number of nitrogens with one attached hydrogen (secondary N) is 1. The van der Waals surface area contributed by atoms with Gasteiger partial charge in [0, 0.05) is 25.8 Å². The first-order chi connectivity index (χ1) is 9.45. The molecule has 0 saturated heterocycles. The van der Waals surface area contributed by atoms with Crippen molar-refractivity contribution in [3.63, 3.8) is 0 Å². The van der Waals surface area contributed by atoms with Crippen LogP contribution in [0.25, 0.3) is 0 Å². The molecule has 0 saturated carbocycles. The normalized spacial score (nSPS) is 10.9. The Hall–Kier alpha value is -1.66. The van der Waals surface area contributed by atoms with E-state index < -0.39 is 0 Å². The van der Waals surface area contributed by atoms with Crippen molar-refractivity contribution in [2.45, 2.75) is 13.8 Å². The van der Waals surface area contributed by atoms with Crippen LogP contribution in [0.1, 0.15) is 24.2 Å². The zero-order valence-electron chi connectivity index (χ0n) is 12.8. The molecule has 0 aliphatic heterocycles. The molecule has 3 N–H and O–H groups in total. The fraction of sp³-hybridized carbons (Fsp3) is 0.571. The summed E-state index contributed by atoms with van der Waals surface area (Å²) in [7, 11) is 3.99. The molecule has 1 heterocycles. The van der Waals surface area contributed by atoms with Crippen LogP contribution in [-0.4, -0.2) is 54.4 Å². The Morgan fingerprint density at radius 3 is 2.65 bits per heavy atom. The largest absolute Gasteiger partial charge is 0.337 e. The van der Waals surface area contributed by atoms with Gasteiger partial charge >= 0.3 is 0 Å². The van der Waals surface area contributed by atoms with Gasteiger partial charge in [-0.15, -0.1) is 0 Å². The van der Waals surface area contributed by atoms with Crippen LogP contribution < -0.4 is 11.3 Å². The lowest BCUT2D eigenvalue weighted by Gasteiger charge is -2.26. The number of carbonyl (C=O) groups excluding carboxylic acids is 1. The van der Waals surface area contributed by atoms with E-state index in [1.54, 1.807) is 18.3 Å². The summed E-state index contributed by atoms with van der Waals surface area (Å²) in [4.78, 5) is 20.6. The highest BCUT2D eigenvalue weighted by Gasteiger charge is 2.20. The summed E-state index contributed by atoms with van der Waals surface area (Å²) in [6.07, 6.45) is 1.61. The molecule has 6 heteroatoms. The minimum Gasteiger partial charge on any atom is -0.337 e. The molecule has 0 bridgehead atoms. The van der Waals surface area contributed by atoms with Crippen LogP contribution in [0.5, 0.6) is 0 Å². The van der Waals surface area contributed by atoms with E-state index in [-0.39, 0.29) is 5.91 Å². The molecule has 1 amide bonds. The van der Waals surface area contributed by atoms with Crippen LogP contribution in [0.3, 0.4) is 0 Å². The van der Waals surface area contributed by atoms with Crippen LogP contribution >= 0.6 is 0 Å². The Kier molecular flexibility index (Phi) is 6.41. The molecule has 0 aliphatic rings. The van der Waals surface area contributed by atoms with Crippen molar-refractivity contribution in [3.8, 4) is 0 Å². The van der Waals surface area contributed by atoms with Gasteiger partial charge in [-0.2, -0.15) is 0 Å². The molecule has 0 aromatic carbocycles. The topological polar surface area (TPSA) is 74.5 Å². The summed E-state index contributed by atoms with van der Waals surface area (Å²) in [6, 6.07) is 3.49. The molecule has 0 aliphatic carbocycles. The van der Waals surface area contributed by atoms with Crippen molar-refractivity contribution < 1.29 is 4.79 Å². The van der Waals surface area contributed by atoms with Crippen LogP contribution in [0, 0.1) is 5.92 Å². The number of pyridine rings is 1. The fourth-order valence-corrected chi connectivity index (χ4v) is 1.90. The Morgan fingerprint density at radius 1 is 1.40 bits per heavy atom. The van der Waals surface area contributed by atoms with Crippen molar-refractivity contribution in [1.29, 1.82) is 0 Å². The molecule has 0 radical (unpaired) electrons. The van der Waals surface area contributed by atoms with Gasteiger partial charge in [0.1, 0.15) is 0 Å². The number of nitrogens with two attached hydrogens (primary N) is 1. The maximum atomic E-state index is 12.6. The first kappa shape index (κ1) is 16.4. The summed E-state index contributed by atoms with van der Waals surface area (Å²) in [5.41, 5.74) is 2.99. The smallest absolute Gasteiger partial charge is 0.257 e. The molecule has 0 unspecified atom stereocenters. The van der Waals surface area contributed by atoms with E-state index in [1.807, 2.05) is 19.0 Å². The SMILES string of the molecule is CC(C)CN(CCN(C)C)C(=O)c1cccnc1NN. The molecule has 1 aromatic rings. The van der Waals surface area contributed by atoms with Gasteiger partial charge in [0.15, 0.2) is 5.82 Å². The first-order valence-corrected chi connectivity index (χ1v) is 6.81. The summed E-state index contributed by atoms with van der Waals surface area (Å²) in [6.45, 7) is 6.42. The highest BCUT2D eigenvalue weighted by Crippen LogP contribution is 2.14. The highest BCUT2D eigenvalue weighted by atomic mass is 16.2. The number of carbonyl (C=O) groups is 1. The van der Waals surface area contributed by atoms with Gasteiger partial charge in [-0.05, 0) is 32.1 Å². The Labute approximate surface area is 120 Å². The second-order valence-corrected chi connectivity index (χ2v) is 5.49. The van der Waals surface area contributed by atoms with Crippen molar-refractivity contribution in [2.75, 3.05) is 39.2 Å². The number of anilines is 1. The summed E-state index contributed by atoms with van der Waals surface area (Å²) in [5, 5.41) is 0. The number of hydrogen-bond acceptors (Lipinski definition) is 5. The molecular weight excluding hydrogens is 254 g/mol. The second kappa shape index (κ2) is 7.81. The van der Waals surface area contributed by atoms with Crippen molar-refractivity contribution in [3.05, 3.63) is 23.9 Å². The van der Waals surface area contributed by atoms with Crippen LogP contribution in [0.15, 0.2) is 18.3 Å². The van der Waals surface area contributed by atoms with Gasteiger partial charge < -0.3 is 15.2 Å². The maximum Gasteiger partial charge on any atom is 0.257 e. The van der Waals surface area contributed by atoms with E-state index in [4.69, 9.17) is 5.84 Å². The Morgan fingerprint density at radius 2 is 2.10 bits per heavy atom. The van der Waals surface area contributed by atoms with Crippen molar-refractivity contribution >= 4 is 11.7 Å². The molecule has 1 rings (SSSR count). The minimum atomic E-state index is -0.0402. The third kappa shape index (κ3) is 4.79. The summed E-state index contributed by atoms with van der Waals surface area (Å²) in [5.74, 6) is 6.20. The lowest BCUT2D eigenvalue weighted by Crippen LogP contribution is -2.39. The predicted molar refractivity (Wildman–Crippen MR) is 81.3 cm³/mol. The lowest BCUT2D eigenvalue weighted by molar-refractivity contribution is 0.0725. The Balaban J connectivity index is 2.91. The van der Waals surface area contributed by atoms with E-state index in [0.29, 0.717) is 30.4 Å². The lowest BCUT2D eigenvalue weighted by atomic mass is 10.1. The Bertz CT molecular complexity index is 433. The number of amides is 1. The molecule has 0 atom stereocenters. The fourth-order valence-electron chi connectivity index (χ4n) is 1.90. The van der Waals surface area contributed by atoms with Crippen LogP contribution in [0.2, 0.25) is 0 Å². The standard InChI is InChI=1S/C14H25N5O/c1-11(2)10-19(9-8-18(3)4)14(20)12-6-5-7-16-13(12)17-15/h5-7,11H,8-10,15H2,1-4H3,(H,16,17). The number of nitrogens with zero attached hydrogens (tertiary/aromatic N) is 3. The van der Waals surface area contributed by atoms with Gasteiger partial charge in [0.25, 0.3) is 5.91 Å². The molecule has 6 nitrogen and oxygen atoms in total. The van der Waals surface area contributed by atoms with E-state index in [1.165, 1.54) is 0 Å². The monoisotopic (exact) mass is 279 g/mol. The zero-order valence-corrected chi connectivity index (χ0v) is 12.8. The third-order valence-corrected chi connectivity index (χ3v) is 2.86. The van der Waals surface area contributed by atoms with E-state index in [2.05, 4.69) is 29.2 Å². The summed E-state index contributed by atoms with van der Waals surface area (Å²) < 4.78 is 0. The number of likely N-dealkylation sites (N-methyl/N-ethyl adjacent to an activating group) is 1. The van der Waals surface area contributed by atoms with Gasteiger partial charge in [-0.3, -0.25) is 4.79 Å². The number of nitrogen functional groups attached to an aromatic ring is 1. The molecule has 0 fully saturated rings. The van der Waals surface area contributed by atoms with E-state index >= 15 is 0 Å². The first-order valence-electron chi connectivity index (χ1n) is 6.81. The van der Waals surface area contributed by atoms with E-state index in [0.717, 1.165) is 6.54 Å². The molecular formula is C14H25N5O. The summed E-state index contributed by atoms with van der Waals surface area (Å²) >= 11 is 0. The van der Waals surface area contributed by atoms with Crippen molar-refractivity contribution in [1.82, 2.24) is 14.8 Å². The third-order valence-electron chi connectivity index (χ3n) is 2.86. The van der Waals surface area contributed by atoms with Crippen LogP contribution in [0.4, 0.5) is 5.82 Å². The number of hydrogen-bond donors (Lipinski definition) is 2. The maximum absolute atomic E-state index is 12.6. The zero-order chi connectivity index (χ0) is 15.1. The number of rotatable bonds is 7. The second-order valence-electron chi connectivity index (χ2n) is 5.49. The molecule has 1 aromatic heterocycles. The van der Waals surface area contributed by atoms with Gasteiger partial charge in [0.05, 0.1) is 5.56 Å². The van der Waals surface area contributed by atoms with Gasteiger partial charge in [-0.1, -0.05) is 13.8 Å². The minimum absolute atomic E-state index is 0.0402. The van der Waals surface area contributed by atoms with Crippen molar-refractivity contribution in [2.24, 2.45) is 11.8 Å². The van der Waals surface area contributed by atoms with Gasteiger partial charge in [-0.25, -0.2) is 10.8 Å². The molecule has 20 heavy (non-hydrogen) atoms.